The van der Waals surface area contributed by atoms with Crippen LogP contribution in [0, 0.1) is 6.92 Å². The molecule has 1 atom stereocenters. The van der Waals surface area contributed by atoms with Crippen LogP contribution >= 0.6 is 23.5 Å². The molecule has 1 N–H and O–H groups in total. The van der Waals surface area contributed by atoms with Gasteiger partial charge in [0.2, 0.25) is 11.0 Å². The van der Waals surface area contributed by atoms with Gasteiger partial charge in [-0.25, -0.2) is 9.97 Å². The summed E-state index contributed by atoms with van der Waals surface area (Å²) in [7, 11) is 0. The van der Waals surface area contributed by atoms with Crippen molar-refractivity contribution < 1.29 is 9.59 Å². The van der Waals surface area contributed by atoms with E-state index in [1.807, 2.05) is 31.2 Å². The fourth-order valence-corrected chi connectivity index (χ4v) is 3.91. The predicted octanol–water partition coefficient (Wildman–Crippen LogP) is 2.18. The Morgan fingerprint density at radius 3 is 2.77 bits per heavy atom. The molecule has 1 aliphatic heterocycles. The van der Waals surface area contributed by atoms with Gasteiger partial charge in [0.25, 0.3) is 0 Å². The van der Waals surface area contributed by atoms with Crippen molar-refractivity contribution in [3.8, 4) is 0 Å². The summed E-state index contributed by atoms with van der Waals surface area (Å²) in [4.78, 5) is 32.5. The number of aryl methyl sites for hydroxylation is 1. The highest BCUT2D eigenvalue weighted by Gasteiger charge is 2.26. The number of nitrogens with zero attached hydrogens (tertiary/aromatic N) is 2. The number of carbonyl (C=O) groups is 2. The fourth-order valence-electron chi connectivity index (χ4n) is 2.21. The van der Waals surface area contributed by atoms with Crippen LogP contribution in [0.1, 0.15) is 12.1 Å². The highest BCUT2D eigenvalue weighted by atomic mass is 32.2. The highest BCUT2D eigenvalue weighted by Crippen LogP contribution is 2.23. The lowest BCUT2D eigenvalue weighted by Crippen LogP contribution is -2.38. The third-order valence-electron chi connectivity index (χ3n) is 3.31. The zero-order chi connectivity index (χ0) is 15.5. The molecule has 0 radical (unpaired) electrons. The summed E-state index contributed by atoms with van der Waals surface area (Å²) < 4.78 is 0. The van der Waals surface area contributed by atoms with E-state index < -0.39 is 0 Å². The molecule has 0 spiro atoms. The Morgan fingerprint density at radius 1 is 1.36 bits per heavy atom. The molecule has 3 rings (SSSR count). The van der Waals surface area contributed by atoms with E-state index in [1.54, 1.807) is 0 Å². The first kappa shape index (κ1) is 15.3. The maximum absolute atomic E-state index is 12.0. The van der Waals surface area contributed by atoms with E-state index in [0.29, 0.717) is 6.42 Å². The molecular weight excluding hydrogens is 318 g/mol. The van der Waals surface area contributed by atoms with Gasteiger partial charge in [0.1, 0.15) is 5.03 Å². The number of hydrogen-bond donors (Lipinski definition) is 1. The molecule has 1 unspecified atom stereocenters. The summed E-state index contributed by atoms with van der Waals surface area (Å²) in [6, 6.07) is 7.33. The lowest BCUT2D eigenvalue weighted by atomic mass is 10.2. The Bertz CT molecular complexity index is 736. The molecule has 22 heavy (non-hydrogen) atoms. The molecule has 1 aromatic heterocycles. The van der Waals surface area contributed by atoms with E-state index in [1.165, 1.54) is 23.5 Å². The van der Waals surface area contributed by atoms with Crippen LogP contribution in [-0.2, 0) is 9.59 Å². The zero-order valence-corrected chi connectivity index (χ0v) is 13.7. The van der Waals surface area contributed by atoms with Crippen LogP contribution in [-0.4, -0.2) is 38.5 Å². The van der Waals surface area contributed by atoms with Gasteiger partial charge in [-0.3, -0.25) is 9.59 Å². The summed E-state index contributed by atoms with van der Waals surface area (Å²) in [5.41, 5.74) is 2.48. The first-order valence-corrected chi connectivity index (χ1v) is 8.93. The molecule has 0 saturated carbocycles. The first-order valence-electron chi connectivity index (χ1n) is 6.95. The Hall–Kier alpha value is -1.60. The number of nitrogens with one attached hydrogen (secondary N) is 1. The number of benzene rings is 1. The Kier molecular flexibility index (Phi) is 4.63. The Balaban J connectivity index is 1.64. The number of thioether (sulfide) groups is 2. The van der Waals surface area contributed by atoms with Gasteiger partial charge in [0.15, 0.2) is 0 Å². The maximum atomic E-state index is 12.0. The fraction of sp³-hybridized carbons (Fsp3) is 0.333. The molecule has 0 aliphatic carbocycles. The Morgan fingerprint density at radius 2 is 2.09 bits per heavy atom. The van der Waals surface area contributed by atoms with Gasteiger partial charge < -0.3 is 5.32 Å². The standard InChI is InChI=1S/C15H15N3O2S2/c1-9-14(18-11-5-3-2-4-10(11)16-9)22-8-13(19)17-12-6-7-21-15(12)20/h2-5,12H,6-8H2,1H3,(H,17,19). The van der Waals surface area contributed by atoms with Crippen LogP contribution in [0.25, 0.3) is 11.0 Å². The second kappa shape index (κ2) is 6.66. The lowest BCUT2D eigenvalue weighted by Gasteiger charge is -2.10. The van der Waals surface area contributed by atoms with E-state index in [9.17, 15) is 9.59 Å². The van der Waals surface area contributed by atoms with Crippen molar-refractivity contribution >= 4 is 45.6 Å². The third kappa shape index (κ3) is 3.41. The molecule has 7 heteroatoms. The van der Waals surface area contributed by atoms with Crippen molar-refractivity contribution in [2.24, 2.45) is 0 Å². The van der Waals surface area contributed by atoms with Gasteiger partial charge in [0, 0.05) is 5.75 Å². The Labute approximate surface area is 136 Å². The smallest absolute Gasteiger partial charge is 0.231 e. The number of aromatic nitrogens is 2. The number of rotatable bonds is 4. The number of hydrogen-bond acceptors (Lipinski definition) is 6. The van der Waals surface area contributed by atoms with Crippen LogP contribution < -0.4 is 5.32 Å². The number of amides is 1. The van der Waals surface area contributed by atoms with E-state index in [4.69, 9.17) is 0 Å². The third-order valence-corrected chi connectivity index (χ3v) is 5.39. The van der Waals surface area contributed by atoms with Gasteiger partial charge in [-0.2, -0.15) is 0 Å². The zero-order valence-electron chi connectivity index (χ0n) is 12.0. The van der Waals surface area contributed by atoms with Crippen LogP contribution in [0.3, 0.4) is 0 Å². The monoisotopic (exact) mass is 333 g/mol. The van der Waals surface area contributed by atoms with E-state index >= 15 is 0 Å². The van der Waals surface area contributed by atoms with Crippen LogP contribution in [0.5, 0.6) is 0 Å². The van der Waals surface area contributed by atoms with Crippen molar-refractivity contribution in [1.29, 1.82) is 0 Å². The molecule has 1 saturated heterocycles. The molecule has 1 aliphatic rings. The molecular formula is C15H15N3O2S2. The molecule has 1 fully saturated rings. The van der Waals surface area contributed by atoms with Crippen molar-refractivity contribution in [3.63, 3.8) is 0 Å². The average Bonchev–Trinajstić information content (AvgIpc) is 2.90. The minimum absolute atomic E-state index is 0.0556. The SMILES string of the molecule is Cc1nc2ccccc2nc1SCC(=O)NC1CCSC1=O. The normalized spacial score (nSPS) is 17.9. The van der Waals surface area contributed by atoms with Crippen molar-refractivity contribution in [1.82, 2.24) is 15.3 Å². The lowest BCUT2D eigenvalue weighted by molar-refractivity contribution is -0.122. The molecule has 1 aromatic carbocycles. The number of carbonyl (C=O) groups excluding carboxylic acids is 2. The summed E-state index contributed by atoms with van der Waals surface area (Å²) in [5, 5.41) is 3.58. The van der Waals surface area contributed by atoms with E-state index in [2.05, 4.69) is 15.3 Å². The molecule has 2 heterocycles. The quantitative estimate of drug-likeness (QED) is 0.865. The van der Waals surface area contributed by atoms with Gasteiger partial charge in [-0.1, -0.05) is 35.7 Å². The largest absolute Gasteiger partial charge is 0.345 e. The van der Waals surface area contributed by atoms with Gasteiger partial charge >= 0.3 is 0 Å². The van der Waals surface area contributed by atoms with E-state index in [0.717, 1.165) is 27.5 Å². The average molecular weight is 333 g/mol. The van der Waals surface area contributed by atoms with Crippen LogP contribution in [0.4, 0.5) is 0 Å². The maximum Gasteiger partial charge on any atom is 0.231 e. The summed E-state index contributed by atoms with van der Waals surface area (Å²) in [6.07, 6.45) is 0.717. The summed E-state index contributed by atoms with van der Waals surface area (Å²) in [6.45, 7) is 1.89. The molecule has 5 nitrogen and oxygen atoms in total. The van der Waals surface area contributed by atoms with Crippen molar-refractivity contribution in [2.45, 2.75) is 24.4 Å². The second-order valence-corrected chi connectivity index (χ2v) is 7.03. The summed E-state index contributed by atoms with van der Waals surface area (Å²) >= 11 is 2.63. The molecule has 114 valence electrons. The van der Waals surface area contributed by atoms with Gasteiger partial charge in [-0.05, 0) is 25.5 Å². The molecule has 2 aromatic rings. The van der Waals surface area contributed by atoms with Gasteiger partial charge in [-0.15, -0.1) is 0 Å². The predicted molar refractivity (Wildman–Crippen MR) is 89.0 cm³/mol. The topological polar surface area (TPSA) is 72.0 Å². The first-order chi connectivity index (χ1) is 10.6. The minimum Gasteiger partial charge on any atom is -0.345 e. The highest BCUT2D eigenvalue weighted by molar-refractivity contribution is 8.14. The number of fused-ring (bicyclic) bond motifs is 1. The second-order valence-electron chi connectivity index (χ2n) is 4.97. The van der Waals surface area contributed by atoms with Crippen molar-refractivity contribution in [3.05, 3.63) is 30.0 Å². The van der Waals surface area contributed by atoms with E-state index in [-0.39, 0.29) is 22.8 Å². The minimum atomic E-state index is -0.332. The number of para-hydroxylation sites is 2. The van der Waals surface area contributed by atoms with Gasteiger partial charge in [0.05, 0.1) is 28.5 Å². The summed E-state index contributed by atoms with van der Waals surface area (Å²) in [5.74, 6) is 0.884. The van der Waals surface area contributed by atoms with Crippen LogP contribution in [0.2, 0.25) is 0 Å². The molecule has 1 amide bonds. The molecule has 0 bridgehead atoms. The van der Waals surface area contributed by atoms with Crippen LogP contribution in [0.15, 0.2) is 29.3 Å². The van der Waals surface area contributed by atoms with Crippen molar-refractivity contribution in [2.75, 3.05) is 11.5 Å².